The van der Waals surface area contributed by atoms with Gasteiger partial charge in [0.05, 0.1) is 18.8 Å². The van der Waals surface area contributed by atoms with Crippen molar-refractivity contribution < 1.29 is 25.2 Å². The Kier molecular flexibility index (Phi) is 59.1. The number of rotatable bonds is 61. The number of carbonyl (C=O) groups excluding carboxylic acids is 1. The van der Waals surface area contributed by atoms with E-state index in [1.807, 2.05) is 0 Å². The molecule has 0 aromatic rings. The molecule has 0 aromatic heterocycles. The third kappa shape index (κ3) is 53.7. The van der Waals surface area contributed by atoms with E-state index in [0.717, 1.165) is 38.5 Å². The first kappa shape index (κ1) is 70.1. The summed E-state index contributed by atoms with van der Waals surface area (Å²) in [5, 5.41) is 44.2. The van der Waals surface area contributed by atoms with E-state index in [1.165, 1.54) is 302 Å². The molecule has 0 aliphatic heterocycles. The highest BCUT2D eigenvalue weighted by atomic mass is 16.3. The summed E-state index contributed by atoms with van der Waals surface area (Å²) in [5.41, 5.74) is 0. The van der Waals surface area contributed by atoms with Crippen LogP contribution in [0.1, 0.15) is 367 Å². The van der Waals surface area contributed by atoms with E-state index in [1.54, 1.807) is 0 Å². The van der Waals surface area contributed by atoms with Gasteiger partial charge in [0.1, 0.15) is 12.2 Å². The summed E-state index contributed by atoms with van der Waals surface area (Å²) in [7, 11) is 0. The number of amides is 1. The number of aliphatic hydroxyl groups is 4. The molecule has 0 spiro atoms. The highest BCUT2D eigenvalue weighted by Crippen LogP contribution is 2.19. The predicted molar refractivity (Wildman–Crippen MR) is 311 cm³/mol. The highest BCUT2D eigenvalue weighted by molar-refractivity contribution is 5.80. The number of allylic oxidation sites excluding steroid dienone is 2. The Balaban J connectivity index is 3.55. The minimum absolute atomic E-state index is 0.370. The first-order valence-corrected chi connectivity index (χ1v) is 32.6. The van der Waals surface area contributed by atoms with Crippen molar-refractivity contribution in [2.75, 3.05) is 6.61 Å². The van der Waals surface area contributed by atoms with E-state index in [0.29, 0.717) is 12.8 Å². The monoisotopic (exact) mass is 1000 g/mol. The molecule has 0 aliphatic carbocycles. The Bertz CT molecular complexity index is 1040. The minimum atomic E-state index is -1.26. The van der Waals surface area contributed by atoms with Gasteiger partial charge in [0.2, 0.25) is 5.91 Å². The first-order valence-electron chi connectivity index (χ1n) is 32.6. The van der Waals surface area contributed by atoms with Gasteiger partial charge in [0.15, 0.2) is 0 Å². The van der Waals surface area contributed by atoms with Gasteiger partial charge in [0.25, 0.3) is 0 Å². The average molecular weight is 1000 g/mol. The van der Waals surface area contributed by atoms with Gasteiger partial charge in [-0.25, -0.2) is 0 Å². The molecule has 0 rings (SSSR count). The molecule has 6 nitrogen and oxygen atoms in total. The van der Waals surface area contributed by atoms with Crippen LogP contribution in [-0.2, 0) is 4.79 Å². The topological polar surface area (TPSA) is 110 Å². The van der Waals surface area contributed by atoms with Gasteiger partial charge in [-0.15, -0.1) is 0 Å². The van der Waals surface area contributed by atoms with Gasteiger partial charge in [-0.2, -0.15) is 0 Å². The average Bonchev–Trinajstić information content (AvgIpc) is 3.38. The summed E-state index contributed by atoms with van der Waals surface area (Å²) in [4.78, 5) is 12.6. The molecule has 0 saturated heterocycles. The number of unbranched alkanes of at least 4 members (excludes halogenated alkanes) is 50. The van der Waals surface area contributed by atoms with Gasteiger partial charge in [0, 0.05) is 0 Å². The third-order valence-corrected chi connectivity index (χ3v) is 15.7. The summed E-state index contributed by atoms with van der Waals surface area (Å²) < 4.78 is 0. The van der Waals surface area contributed by atoms with E-state index in [4.69, 9.17) is 0 Å². The van der Waals surface area contributed by atoms with Crippen LogP contribution in [0.4, 0.5) is 0 Å². The zero-order chi connectivity index (χ0) is 51.6. The molecule has 0 heterocycles. The fourth-order valence-corrected chi connectivity index (χ4v) is 10.6. The summed E-state index contributed by atoms with van der Waals surface area (Å²) in [6.07, 6.45) is 73.1. The van der Waals surface area contributed by atoms with Crippen molar-refractivity contribution in [1.82, 2.24) is 5.32 Å². The number of carbonyl (C=O) groups is 1. The van der Waals surface area contributed by atoms with Crippen molar-refractivity contribution in [3.05, 3.63) is 12.2 Å². The molecular formula is C65H129NO5. The molecule has 0 radical (unpaired) electrons. The smallest absolute Gasteiger partial charge is 0.249 e. The van der Waals surface area contributed by atoms with E-state index in [9.17, 15) is 25.2 Å². The first-order chi connectivity index (χ1) is 35.0. The van der Waals surface area contributed by atoms with Crippen LogP contribution < -0.4 is 5.32 Å². The van der Waals surface area contributed by atoms with Crippen LogP contribution in [0.15, 0.2) is 12.2 Å². The molecule has 424 valence electrons. The van der Waals surface area contributed by atoms with Crippen molar-refractivity contribution in [3.8, 4) is 0 Å². The van der Waals surface area contributed by atoms with Crippen molar-refractivity contribution in [1.29, 1.82) is 0 Å². The van der Waals surface area contributed by atoms with E-state index in [2.05, 4.69) is 31.3 Å². The fourth-order valence-electron chi connectivity index (χ4n) is 10.6. The molecule has 0 aromatic carbocycles. The molecule has 5 N–H and O–H groups in total. The van der Waals surface area contributed by atoms with E-state index < -0.39 is 36.9 Å². The van der Waals surface area contributed by atoms with Crippen LogP contribution in [0.5, 0.6) is 0 Å². The molecule has 4 unspecified atom stereocenters. The maximum absolute atomic E-state index is 12.6. The largest absolute Gasteiger partial charge is 0.394 e. The second-order valence-corrected chi connectivity index (χ2v) is 22.8. The molecule has 6 heteroatoms. The maximum Gasteiger partial charge on any atom is 0.249 e. The van der Waals surface area contributed by atoms with Crippen LogP contribution in [-0.4, -0.2) is 57.3 Å². The zero-order valence-corrected chi connectivity index (χ0v) is 48.3. The van der Waals surface area contributed by atoms with Crippen LogP contribution in [0.3, 0.4) is 0 Å². The van der Waals surface area contributed by atoms with Crippen molar-refractivity contribution in [2.24, 2.45) is 0 Å². The highest BCUT2D eigenvalue weighted by Gasteiger charge is 2.28. The quantitative estimate of drug-likeness (QED) is 0.0308. The molecule has 0 fully saturated rings. The molecular weight excluding hydrogens is 875 g/mol. The normalized spacial score (nSPS) is 13.6. The molecule has 71 heavy (non-hydrogen) atoms. The summed E-state index contributed by atoms with van der Waals surface area (Å²) >= 11 is 0. The van der Waals surface area contributed by atoms with Crippen LogP contribution >= 0.6 is 0 Å². The lowest BCUT2D eigenvalue weighted by Gasteiger charge is -2.27. The molecule has 0 bridgehead atoms. The Hall–Kier alpha value is -0.950. The molecule has 0 saturated carbocycles. The molecule has 0 aliphatic rings. The lowest BCUT2D eigenvalue weighted by molar-refractivity contribution is -0.132. The standard InChI is InChI=1S/C65H129NO5/c1-3-5-7-9-11-13-15-17-19-21-23-25-27-29-30-31-32-33-35-36-38-40-42-44-46-48-50-52-54-56-58-62(68)64(70)61(60-67)66-65(71)63(69)59-57-55-53-51-49-47-45-43-41-39-37-34-28-26-24-22-20-18-16-14-12-10-8-6-4-2/h34,37,61-64,67-70H,3-33,35-36,38-60H2,1-2H3,(H,66,71)/b37-34-. The lowest BCUT2D eigenvalue weighted by Crippen LogP contribution is -2.53. The van der Waals surface area contributed by atoms with E-state index >= 15 is 0 Å². The Morgan fingerprint density at radius 3 is 0.817 bits per heavy atom. The second-order valence-electron chi connectivity index (χ2n) is 22.8. The van der Waals surface area contributed by atoms with Crippen LogP contribution in [0.25, 0.3) is 0 Å². The van der Waals surface area contributed by atoms with Crippen molar-refractivity contribution >= 4 is 5.91 Å². The summed E-state index contributed by atoms with van der Waals surface area (Å²) in [5.74, 6) is -0.578. The molecule has 4 atom stereocenters. The van der Waals surface area contributed by atoms with Crippen molar-refractivity contribution in [3.63, 3.8) is 0 Å². The van der Waals surface area contributed by atoms with E-state index in [-0.39, 0.29) is 0 Å². The molecule has 1 amide bonds. The second kappa shape index (κ2) is 59.9. The van der Waals surface area contributed by atoms with Crippen LogP contribution in [0, 0.1) is 0 Å². The van der Waals surface area contributed by atoms with Gasteiger partial charge >= 0.3 is 0 Å². The number of hydrogen-bond acceptors (Lipinski definition) is 5. The SMILES string of the molecule is CCCCCCCCCCCCCC/C=C\CCCCCCCCCCCC(O)C(=O)NC(CO)C(O)C(O)CCCCCCCCCCCCCCCCCCCCCCCCCCCCCCCC. The third-order valence-electron chi connectivity index (χ3n) is 15.7. The van der Waals surface area contributed by atoms with Crippen molar-refractivity contribution in [2.45, 2.75) is 391 Å². The number of aliphatic hydroxyl groups excluding tert-OH is 4. The van der Waals surface area contributed by atoms with Gasteiger partial charge < -0.3 is 25.7 Å². The lowest BCUT2D eigenvalue weighted by atomic mass is 9.99. The minimum Gasteiger partial charge on any atom is -0.394 e. The Labute approximate surface area is 444 Å². The van der Waals surface area contributed by atoms with Gasteiger partial charge in [-0.1, -0.05) is 341 Å². The Morgan fingerprint density at radius 2 is 0.563 bits per heavy atom. The summed E-state index contributed by atoms with van der Waals surface area (Å²) in [6, 6.07) is -0.985. The number of hydrogen-bond donors (Lipinski definition) is 5. The Morgan fingerprint density at radius 1 is 0.338 bits per heavy atom. The maximum atomic E-state index is 12.6. The number of nitrogens with one attached hydrogen (secondary N) is 1. The zero-order valence-electron chi connectivity index (χ0n) is 48.3. The van der Waals surface area contributed by atoms with Gasteiger partial charge in [-0.3, -0.25) is 4.79 Å². The van der Waals surface area contributed by atoms with Gasteiger partial charge in [-0.05, 0) is 38.5 Å². The fraction of sp³-hybridized carbons (Fsp3) is 0.954. The van der Waals surface area contributed by atoms with Crippen LogP contribution in [0.2, 0.25) is 0 Å². The predicted octanol–water partition coefficient (Wildman–Crippen LogP) is 19.6. The summed E-state index contributed by atoms with van der Waals surface area (Å²) in [6.45, 7) is 4.11.